The molecule has 0 saturated heterocycles. The minimum Gasteiger partial charge on any atom is -0.462 e. The smallest absolute Gasteiger partial charge is 0.306 e. The molecule has 0 aliphatic rings. The van der Waals surface area contributed by atoms with Crippen LogP contribution in [-0.4, -0.2) is 36.4 Å². The quantitative estimate of drug-likeness (QED) is 0.0376. The van der Waals surface area contributed by atoms with E-state index in [4.69, 9.17) is 9.47 Å². The first-order valence-corrected chi connectivity index (χ1v) is 25.3. The fourth-order valence-corrected chi connectivity index (χ4v) is 7.18. The van der Waals surface area contributed by atoms with Gasteiger partial charge in [-0.3, -0.25) is 9.59 Å². The average Bonchev–Trinajstić information content (AvgIpc) is 3.24. The van der Waals surface area contributed by atoms with Gasteiger partial charge in [-0.05, 0) is 83.5 Å². The van der Waals surface area contributed by atoms with E-state index in [1.54, 1.807) is 0 Å². The fraction of sp³-hybridized carbons (Fsp3) is 0.778. The van der Waals surface area contributed by atoms with Crippen LogP contribution in [0.15, 0.2) is 60.8 Å². The summed E-state index contributed by atoms with van der Waals surface area (Å²) in [5.41, 5.74) is 0. The zero-order chi connectivity index (χ0) is 42.8. The fourth-order valence-electron chi connectivity index (χ4n) is 7.18. The number of ether oxygens (including phenoxy) is 2. The van der Waals surface area contributed by atoms with Gasteiger partial charge in [0.05, 0.1) is 6.61 Å². The Kier molecular flexibility index (Phi) is 47.9. The Morgan fingerprint density at radius 2 is 0.678 bits per heavy atom. The van der Waals surface area contributed by atoms with Crippen LogP contribution in [0.2, 0.25) is 0 Å². The first-order valence-electron chi connectivity index (χ1n) is 25.3. The van der Waals surface area contributed by atoms with Crippen molar-refractivity contribution in [1.29, 1.82) is 0 Å². The number of aliphatic hydroxyl groups is 1. The second-order valence-corrected chi connectivity index (χ2v) is 16.9. The molecule has 0 amide bonds. The molecule has 0 spiro atoms. The van der Waals surface area contributed by atoms with Crippen molar-refractivity contribution < 1.29 is 24.2 Å². The van der Waals surface area contributed by atoms with Gasteiger partial charge in [-0.1, -0.05) is 216 Å². The van der Waals surface area contributed by atoms with E-state index >= 15 is 0 Å². The van der Waals surface area contributed by atoms with Crippen molar-refractivity contribution in [3.05, 3.63) is 60.8 Å². The van der Waals surface area contributed by atoms with E-state index in [-0.39, 0.29) is 25.2 Å². The highest BCUT2D eigenvalue weighted by Crippen LogP contribution is 2.15. The van der Waals surface area contributed by atoms with Crippen molar-refractivity contribution in [2.45, 2.75) is 258 Å². The molecular formula is C54H96O5. The lowest BCUT2D eigenvalue weighted by atomic mass is 10.0. The van der Waals surface area contributed by atoms with Gasteiger partial charge < -0.3 is 14.6 Å². The van der Waals surface area contributed by atoms with Gasteiger partial charge in [-0.15, -0.1) is 0 Å². The van der Waals surface area contributed by atoms with Gasteiger partial charge in [0.25, 0.3) is 0 Å². The second kappa shape index (κ2) is 50.0. The van der Waals surface area contributed by atoms with Crippen molar-refractivity contribution in [2.75, 3.05) is 13.2 Å². The van der Waals surface area contributed by atoms with Crippen molar-refractivity contribution >= 4 is 11.9 Å². The molecule has 342 valence electrons. The number of esters is 2. The lowest BCUT2D eigenvalue weighted by molar-refractivity contribution is -0.161. The van der Waals surface area contributed by atoms with E-state index < -0.39 is 6.10 Å². The average molecular weight is 825 g/mol. The summed E-state index contributed by atoms with van der Waals surface area (Å²) in [6.07, 6.45) is 66.0. The Balaban J connectivity index is 3.50. The van der Waals surface area contributed by atoms with Gasteiger partial charge in [0.15, 0.2) is 6.10 Å². The predicted octanol–water partition coefficient (Wildman–Crippen LogP) is 16.7. The monoisotopic (exact) mass is 825 g/mol. The van der Waals surface area contributed by atoms with Crippen LogP contribution in [0.1, 0.15) is 251 Å². The van der Waals surface area contributed by atoms with E-state index in [2.05, 4.69) is 74.6 Å². The van der Waals surface area contributed by atoms with Crippen LogP contribution < -0.4 is 0 Å². The number of unbranched alkanes of at least 4 members (excludes halogenated alkanes) is 28. The van der Waals surface area contributed by atoms with E-state index in [9.17, 15) is 14.7 Å². The number of allylic oxidation sites excluding steroid dienone is 10. The Bertz CT molecular complexity index is 1020. The van der Waals surface area contributed by atoms with E-state index in [1.807, 2.05) is 0 Å². The zero-order valence-corrected chi connectivity index (χ0v) is 39.0. The molecule has 0 bridgehead atoms. The van der Waals surface area contributed by atoms with Crippen LogP contribution in [0.3, 0.4) is 0 Å². The maximum absolute atomic E-state index is 12.3. The molecule has 1 unspecified atom stereocenters. The lowest BCUT2D eigenvalue weighted by Crippen LogP contribution is -2.28. The van der Waals surface area contributed by atoms with E-state index in [1.165, 1.54) is 161 Å². The summed E-state index contributed by atoms with van der Waals surface area (Å²) in [5, 5.41) is 9.61. The molecule has 0 radical (unpaired) electrons. The predicted molar refractivity (Wildman–Crippen MR) is 256 cm³/mol. The van der Waals surface area contributed by atoms with Gasteiger partial charge in [0, 0.05) is 12.8 Å². The first-order chi connectivity index (χ1) is 29.1. The van der Waals surface area contributed by atoms with Gasteiger partial charge in [-0.25, -0.2) is 0 Å². The van der Waals surface area contributed by atoms with Gasteiger partial charge >= 0.3 is 11.9 Å². The Morgan fingerprint density at radius 1 is 0.390 bits per heavy atom. The van der Waals surface area contributed by atoms with Crippen molar-refractivity contribution in [3.63, 3.8) is 0 Å². The van der Waals surface area contributed by atoms with E-state index in [0.29, 0.717) is 12.8 Å². The molecular weight excluding hydrogens is 729 g/mol. The van der Waals surface area contributed by atoms with Crippen LogP contribution in [0.5, 0.6) is 0 Å². The van der Waals surface area contributed by atoms with Crippen LogP contribution in [0.4, 0.5) is 0 Å². The topological polar surface area (TPSA) is 72.8 Å². The van der Waals surface area contributed by atoms with Crippen LogP contribution in [0.25, 0.3) is 0 Å². The largest absolute Gasteiger partial charge is 0.462 e. The number of hydrogen-bond acceptors (Lipinski definition) is 5. The number of aliphatic hydroxyl groups excluding tert-OH is 1. The third kappa shape index (κ3) is 48.1. The number of carbonyl (C=O) groups is 2. The molecule has 5 heteroatoms. The van der Waals surface area contributed by atoms with Crippen LogP contribution in [-0.2, 0) is 19.1 Å². The third-order valence-corrected chi connectivity index (χ3v) is 11.0. The maximum atomic E-state index is 12.3. The standard InChI is InChI=1S/C54H96O5/c1-3-5-7-9-11-13-15-17-19-21-22-23-24-25-26-27-28-29-30-31-32-33-35-37-39-41-43-45-47-49-54(57)59-52(50-55)51-58-53(56)48-46-44-42-40-38-36-34-20-18-16-14-12-10-8-6-4-2/h14-17,20-22,24-25,34,52,55H,3-13,18-19,23,26-33,35-51H2,1-2H3/b16-14-,17-15-,22-21-,25-24-,34-20-. The molecule has 1 atom stereocenters. The molecule has 0 aliphatic heterocycles. The minimum atomic E-state index is -0.779. The van der Waals surface area contributed by atoms with Gasteiger partial charge in [-0.2, -0.15) is 0 Å². The molecule has 0 aromatic carbocycles. The molecule has 1 N–H and O–H groups in total. The molecule has 0 heterocycles. The Morgan fingerprint density at radius 3 is 1.03 bits per heavy atom. The van der Waals surface area contributed by atoms with E-state index in [0.717, 1.165) is 64.2 Å². The molecule has 0 fully saturated rings. The molecule has 0 aromatic rings. The number of carbonyl (C=O) groups excluding carboxylic acids is 2. The van der Waals surface area contributed by atoms with Gasteiger partial charge in [0.2, 0.25) is 0 Å². The van der Waals surface area contributed by atoms with Crippen molar-refractivity contribution in [1.82, 2.24) is 0 Å². The molecule has 0 aliphatic carbocycles. The summed E-state index contributed by atoms with van der Waals surface area (Å²) in [7, 11) is 0. The number of rotatable bonds is 46. The van der Waals surface area contributed by atoms with Crippen molar-refractivity contribution in [3.8, 4) is 0 Å². The third-order valence-electron chi connectivity index (χ3n) is 11.0. The highest BCUT2D eigenvalue weighted by Gasteiger charge is 2.16. The molecule has 0 aromatic heterocycles. The zero-order valence-electron chi connectivity index (χ0n) is 39.0. The highest BCUT2D eigenvalue weighted by atomic mass is 16.6. The lowest BCUT2D eigenvalue weighted by Gasteiger charge is -2.15. The molecule has 0 rings (SSSR count). The second-order valence-electron chi connectivity index (χ2n) is 16.9. The molecule has 5 nitrogen and oxygen atoms in total. The summed E-state index contributed by atoms with van der Waals surface area (Å²) >= 11 is 0. The summed E-state index contributed by atoms with van der Waals surface area (Å²) in [6.45, 7) is 4.11. The molecule has 0 saturated carbocycles. The maximum Gasteiger partial charge on any atom is 0.306 e. The number of hydrogen-bond donors (Lipinski definition) is 1. The summed E-state index contributed by atoms with van der Waals surface area (Å²) in [4.78, 5) is 24.4. The summed E-state index contributed by atoms with van der Waals surface area (Å²) in [5.74, 6) is -0.603. The highest BCUT2D eigenvalue weighted by molar-refractivity contribution is 5.70. The summed E-state index contributed by atoms with van der Waals surface area (Å²) < 4.78 is 10.7. The Hall–Kier alpha value is -2.40. The van der Waals surface area contributed by atoms with Crippen LogP contribution in [0, 0.1) is 0 Å². The summed E-state index contributed by atoms with van der Waals surface area (Å²) in [6, 6.07) is 0. The Labute approximate surface area is 366 Å². The van der Waals surface area contributed by atoms with Gasteiger partial charge in [0.1, 0.15) is 6.61 Å². The molecule has 59 heavy (non-hydrogen) atoms. The van der Waals surface area contributed by atoms with Crippen molar-refractivity contribution in [2.24, 2.45) is 0 Å². The SMILES string of the molecule is CCCCCC/C=C\C/C=C\CCCCCCCC(=O)OCC(CO)OC(=O)CCCCCCCCCCCCCCCC/C=C\C/C=C\C/C=C\CCCCCCC. The van der Waals surface area contributed by atoms with Crippen LogP contribution >= 0.6 is 0 Å². The minimum absolute atomic E-state index is 0.0736. The normalized spacial score (nSPS) is 12.7. The first kappa shape index (κ1) is 56.6.